The van der Waals surface area contributed by atoms with E-state index in [-0.39, 0.29) is 16.7 Å². The van der Waals surface area contributed by atoms with E-state index in [0.29, 0.717) is 11.3 Å². The normalized spacial score (nSPS) is 16.7. The van der Waals surface area contributed by atoms with E-state index in [1.54, 1.807) is 30.4 Å². The number of hydrogen-bond acceptors (Lipinski definition) is 4. The fourth-order valence-corrected chi connectivity index (χ4v) is 1.74. The summed E-state index contributed by atoms with van der Waals surface area (Å²) in [4.78, 5) is 21.7. The number of carbonyl (C=O) groups excluding carboxylic acids is 1. The molecule has 1 amide bonds. The molecule has 0 spiro atoms. The molecule has 0 atom stereocenters. The molecule has 0 unspecified atom stereocenters. The Labute approximate surface area is 114 Å². The first-order valence-electron chi connectivity index (χ1n) is 5.32. The smallest absolute Gasteiger partial charge is 0.276 e. The second kappa shape index (κ2) is 5.40. The highest BCUT2D eigenvalue weighted by Gasteiger charge is 2.18. The highest BCUT2D eigenvalue weighted by molar-refractivity contribution is 7.80. The van der Waals surface area contributed by atoms with Crippen molar-refractivity contribution in [3.63, 3.8) is 0 Å². The monoisotopic (exact) mass is 275 g/mol. The Kier molecular flexibility index (Phi) is 3.67. The van der Waals surface area contributed by atoms with Crippen molar-refractivity contribution in [2.45, 2.75) is 0 Å². The number of hydrogen-bond donors (Lipinski definition) is 2. The topological polar surface area (TPSA) is 84.3 Å². The summed E-state index contributed by atoms with van der Waals surface area (Å²) in [5, 5.41) is 16.1. The molecule has 0 aromatic heterocycles. The molecule has 1 saturated heterocycles. The number of nitro benzene ring substituents is 1. The minimum atomic E-state index is -0.456. The van der Waals surface area contributed by atoms with Gasteiger partial charge in [-0.25, -0.2) is 0 Å². The molecule has 0 bridgehead atoms. The van der Waals surface area contributed by atoms with Crippen LogP contribution in [0.5, 0.6) is 0 Å². The maximum atomic E-state index is 11.3. The lowest BCUT2D eigenvalue weighted by atomic mass is 10.1. The molecular formula is C12H9N3O3S. The number of amides is 1. The molecule has 0 radical (unpaired) electrons. The molecule has 0 aliphatic carbocycles. The van der Waals surface area contributed by atoms with Crippen LogP contribution in [0.1, 0.15) is 5.56 Å². The summed E-state index contributed by atoms with van der Waals surface area (Å²) in [6, 6.07) is 6.34. The average molecular weight is 275 g/mol. The summed E-state index contributed by atoms with van der Waals surface area (Å²) in [6.45, 7) is 0. The van der Waals surface area contributed by atoms with Crippen LogP contribution in [0.25, 0.3) is 6.08 Å². The predicted molar refractivity (Wildman–Crippen MR) is 74.1 cm³/mol. The fraction of sp³-hybridized carbons (Fsp3) is 0. The molecule has 2 rings (SSSR count). The van der Waals surface area contributed by atoms with E-state index < -0.39 is 4.92 Å². The number of nitrogens with one attached hydrogen (secondary N) is 2. The Balaban J connectivity index is 2.20. The van der Waals surface area contributed by atoms with Crippen molar-refractivity contribution in [3.8, 4) is 0 Å². The van der Waals surface area contributed by atoms with Gasteiger partial charge in [-0.2, -0.15) is 0 Å². The fourth-order valence-electron chi connectivity index (χ4n) is 1.54. The van der Waals surface area contributed by atoms with Gasteiger partial charge in [-0.15, -0.1) is 0 Å². The van der Waals surface area contributed by atoms with Gasteiger partial charge in [0, 0.05) is 6.07 Å². The van der Waals surface area contributed by atoms with Crippen LogP contribution in [-0.2, 0) is 4.79 Å². The van der Waals surface area contributed by atoms with Gasteiger partial charge in [0.05, 0.1) is 10.5 Å². The SMILES string of the molecule is O=C1NC(=S)NC1=CC=Cc1ccccc1[N+](=O)[O-]. The van der Waals surface area contributed by atoms with Crippen molar-refractivity contribution >= 4 is 35.0 Å². The Morgan fingerprint density at radius 1 is 1.26 bits per heavy atom. The van der Waals surface area contributed by atoms with Gasteiger partial charge in [0.1, 0.15) is 5.70 Å². The van der Waals surface area contributed by atoms with Crippen LogP contribution < -0.4 is 10.6 Å². The summed E-state index contributed by atoms with van der Waals surface area (Å²) in [7, 11) is 0. The molecule has 0 saturated carbocycles. The molecule has 6 nitrogen and oxygen atoms in total. The molecular weight excluding hydrogens is 266 g/mol. The molecule has 1 heterocycles. The first kappa shape index (κ1) is 12.9. The van der Waals surface area contributed by atoms with Crippen LogP contribution in [0.2, 0.25) is 0 Å². The Bertz CT molecular complexity index is 622. The number of nitrogens with zero attached hydrogens (tertiary/aromatic N) is 1. The summed E-state index contributed by atoms with van der Waals surface area (Å²) in [6.07, 6.45) is 4.62. The van der Waals surface area contributed by atoms with Crippen molar-refractivity contribution < 1.29 is 9.72 Å². The predicted octanol–water partition coefficient (Wildman–Crippen LogP) is 1.50. The van der Waals surface area contributed by atoms with Gasteiger partial charge in [0.2, 0.25) is 0 Å². The zero-order valence-corrected chi connectivity index (χ0v) is 10.4. The summed E-state index contributed by atoms with van der Waals surface area (Å²) < 4.78 is 0. The highest BCUT2D eigenvalue weighted by Crippen LogP contribution is 2.19. The van der Waals surface area contributed by atoms with Gasteiger partial charge < -0.3 is 5.32 Å². The Hall–Kier alpha value is -2.54. The number of nitro groups is 1. The van der Waals surface area contributed by atoms with Crippen LogP contribution in [0.3, 0.4) is 0 Å². The third kappa shape index (κ3) is 3.02. The molecule has 2 N–H and O–H groups in total. The number of benzene rings is 1. The van der Waals surface area contributed by atoms with Gasteiger partial charge in [0.25, 0.3) is 11.6 Å². The van der Waals surface area contributed by atoms with E-state index in [9.17, 15) is 14.9 Å². The van der Waals surface area contributed by atoms with Gasteiger partial charge >= 0.3 is 0 Å². The van der Waals surface area contributed by atoms with E-state index >= 15 is 0 Å². The molecule has 1 aliphatic heterocycles. The second-order valence-electron chi connectivity index (χ2n) is 3.66. The zero-order valence-electron chi connectivity index (χ0n) is 9.62. The lowest BCUT2D eigenvalue weighted by Gasteiger charge is -1.95. The number of rotatable bonds is 3. The molecule has 7 heteroatoms. The van der Waals surface area contributed by atoms with Crippen LogP contribution in [0.15, 0.2) is 42.1 Å². The average Bonchev–Trinajstić information content (AvgIpc) is 2.68. The molecule has 96 valence electrons. The number of allylic oxidation sites excluding steroid dienone is 2. The van der Waals surface area contributed by atoms with Crippen molar-refractivity contribution in [1.82, 2.24) is 10.6 Å². The largest absolute Gasteiger partial charge is 0.328 e. The standard InChI is InChI=1S/C12H9N3O3S/c16-11-9(13-12(19)14-11)6-3-5-8-4-1-2-7-10(8)15(17)18/h1-7H,(H2,13,14,16,19). The maximum absolute atomic E-state index is 11.3. The summed E-state index contributed by atoms with van der Waals surface area (Å²) in [5.41, 5.74) is 0.779. The first-order valence-corrected chi connectivity index (χ1v) is 5.73. The quantitative estimate of drug-likeness (QED) is 0.378. The number of para-hydroxylation sites is 1. The third-order valence-electron chi connectivity index (χ3n) is 2.39. The lowest BCUT2D eigenvalue weighted by Crippen LogP contribution is -2.21. The van der Waals surface area contributed by atoms with E-state index in [4.69, 9.17) is 12.2 Å². The molecule has 19 heavy (non-hydrogen) atoms. The second-order valence-corrected chi connectivity index (χ2v) is 4.07. The lowest BCUT2D eigenvalue weighted by molar-refractivity contribution is -0.385. The van der Waals surface area contributed by atoms with Gasteiger partial charge in [-0.05, 0) is 30.4 Å². The third-order valence-corrected chi connectivity index (χ3v) is 2.60. The highest BCUT2D eigenvalue weighted by atomic mass is 32.1. The zero-order chi connectivity index (χ0) is 13.8. The van der Waals surface area contributed by atoms with Crippen molar-refractivity contribution in [3.05, 3.63) is 57.8 Å². The van der Waals surface area contributed by atoms with Crippen LogP contribution >= 0.6 is 12.2 Å². The van der Waals surface area contributed by atoms with E-state index in [0.717, 1.165) is 0 Å². The van der Waals surface area contributed by atoms with Crippen molar-refractivity contribution in [2.24, 2.45) is 0 Å². The number of thiocarbonyl (C=S) groups is 1. The summed E-state index contributed by atoms with van der Waals surface area (Å²) in [5.74, 6) is -0.322. The van der Waals surface area contributed by atoms with E-state index in [1.165, 1.54) is 12.1 Å². The van der Waals surface area contributed by atoms with Gasteiger partial charge in [-0.3, -0.25) is 20.2 Å². The van der Waals surface area contributed by atoms with Crippen LogP contribution in [0, 0.1) is 10.1 Å². The van der Waals surface area contributed by atoms with Crippen molar-refractivity contribution in [1.29, 1.82) is 0 Å². The minimum Gasteiger partial charge on any atom is -0.328 e. The number of carbonyl (C=O) groups is 1. The maximum Gasteiger partial charge on any atom is 0.276 e. The van der Waals surface area contributed by atoms with Crippen molar-refractivity contribution in [2.75, 3.05) is 0 Å². The first-order chi connectivity index (χ1) is 9.08. The summed E-state index contributed by atoms with van der Waals surface area (Å²) >= 11 is 4.77. The molecule has 1 aromatic carbocycles. The van der Waals surface area contributed by atoms with Crippen LogP contribution in [0.4, 0.5) is 5.69 Å². The van der Waals surface area contributed by atoms with Gasteiger partial charge in [0.15, 0.2) is 5.11 Å². The molecule has 1 fully saturated rings. The van der Waals surface area contributed by atoms with Crippen LogP contribution in [-0.4, -0.2) is 15.9 Å². The Morgan fingerprint density at radius 3 is 2.63 bits per heavy atom. The molecule has 1 aromatic rings. The minimum absolute atomic E-state index is 0.0107. The van der Waals surface area contributed by atoms with E-state index in [2.05, 4.69) is 10.6 Å². The molecule has 1 aliphatic rings. The van der Waals surface area contributed by atoms with E-state index in [1.807, 2.05) is 0 Å². The van der Waals surface area contributed by atoms with Gasteiger partial charge in [-0.1, -0.05) is 18.2 Å². The Morgan fingerprint density at radius 2 is 2.00 bits per heavy atom.